The molecule has 6 aliphatic carbocycles. The summed E-state index contributed by atoms with van der Waals surface area (Å²) in [6, 6.07) is 0. The van der Waals surface area contributed by atoms with Crippen molar-refractivity contribution in [2.45, 2.75) is 19.1 Å². The zero-order valence-corrected chi connectivity index (χ0v) is 8.25. The number of hydrogen-bond donors (Lipinski definition) is 2. The molecule has 0 aromatic carbocycles. The van der Waals surface area contributed by atoms with Crippen molar-refractivity contribution >= 4 is 0 Å². The zero-order chi connectivity index (χ0) is 9.35. The predicted molar refractivity (Wildman–Crippen MR) is 49.1 cm³/mol. The Morgan fingerprint density at radius 1 is 0.571 bits per heavy atom. The van der Waals surface area contributed by atoms with Crippen LogP contribution in [0, 0.1) is 53.3 Å². The molecule has 6 bridgehead atoms. The van der Waals surface area contributed by atoms with E-state index >= 15 is 0 Å². The van der Waals surface area contributed by atoms with Gasteiger partial charge in [-0.15, -0.1) is 0 Å². The van der Waals surface area contributed by atoms with Crippen molar-refractivity contribution in [2.75, 3.05) is 0 Å². The fourth-order valence-corrected chi connectivity index (χ4v) is 7.07. The Labute approximate surface area is 83.3 Å². The maximum absolute atomic E-state index is 10.2. The van der Waals surface area contributed by atoms with Crippen molar-refractivity contribution < 1.29 is 10.2 Å². The Morgan fingerprint density at radius 3 is 1.36 bits per heavy atom. The van der Waals surface area contributed by atoms with Gasteiger partial charge >= 0.3 is 0 Å². The second kappa shape index (κ2) is 1.69. The van der Waals surface area contributed by atoms with Crippen LogP contribution in [-0.2, 0) is 0 Å². The van der Waals surface area contributed by atoms with E-state index in [0.29, 0.717) is 35.5 Å². The highest BCUT2D eigenvalue weighted by molar-refractivity contribution is 5.32. The molecule has 76 valence electrons. The molecule has 2 heteroatoms. The van der Waals surface area contributed by atoms with Crippen molar-refractivity contribution in [2.24, 2.45) is 53.3 Å². The highest BCUT2D eigenvalue weighted by atomic mass is 16.3. The molecule has 0 radical (unpaired) electrons. The monoisotopic (exact) mass is 192 g/mol. The van der Waals surface area contributed by atoms with Gasteiger partial charge in [0.05, 0.1) is 12.2 Å². The molecular weight excluding hydrogens is 176 g/mol. The topological polar surface area (TPSA) is 40.5 Å². The molecule has 10 atom stereocenters. The third-order valence-corrected chi connectivity index (χ3v) is 6.79. The van der Waals surface area contributed by atoms with Crippen LogP contribution in [0.3, 0.4) is 0 Å². The smallest absolute Gasteiger partial charge is 0.0608 e. The van der Waals surface area contributed by atoms with E-state index in [1.165, 1.54) is 0 Å². The van der Waals surface area contributed by atoms with Gasteiger partial charge in [-0.25, -0.2) is 0 Å². The number of hydrogen-bond acceptors (Lipinski definition) is 2. The maximum Gasteiger partial charge on any atom is 0.0608 e. The number of aliphatic hydroxyl groups is 2. The SMILES string of the molecule is CC1[C@H]2[C@H]3[C@H]4[C@@H](O)[C@@H]2[C@H]2[C@H]1[C@@H]3[C@H](O)[C@@H]42. The van der Waals surface area contributed by atoms with E-state index in [2.05, 4.69) is 6.92 Å². The van der Waals surface area contributed by atoms with E-state index < -0.39 is 0 Å². The normalized spacial score (nSPS) is 85.5. The summed E-state index contributed by atoms with van der Waals surface area (Å²) in [6.45, 7) is 2.37. The molecule has 0 unspecified atom stereocenters. The van der Waals surface area contributed by atoms with Gasteiger partial charge < -0.3 is 10.2 Å². The van der Waals surface area contributed by atoms with Gasteiger partial charge in [-0.05, 0) is 53.3 Å². The third kappa shape index (κ3) is 0.396. The fourth-order valence-electron chi connectivity index (χ4n) is 7.07. The first-order valence-corrected chi connectivity index (χ1v) is 6.09. The van der Waals surface area contributed by atoms with Crippen LogP contribution in [0.2, 0.25) is 0 Å². The van der Waals surface area contributed by atoms with Gasteiger partial charge in [0.15, 0.2) is 0 Å². The molecule has 6 saturated carbocycles. The summed E-state index contributed by atoms with van der Waals surface area (Å²) >= 11 is 0. The molecule has 0 aromatic rings. The van der Waals surface area contributed by atoms with Crippen LogP contribution in [-0.4, -0.2) is 22.4 Å². The highest BCUT2D eigenvalue weighted by Crippen LogP contribution is 2.83. The van der Waals surface area contributed by atoms with Crippen LogP contribution in [0.15, 0.2) is 0 Å². The van der Waals surface area contributed by atoms with E-state index in [1.807, 2.05) is 0 Å². The van der Waals surface area contributed by atoms with Crippen molar-refractivity contribution in [1.29, 1.82) is 0 Å². The van der Waals surface area contributed by atoms with E-state index in [1.54, 1.807) is 0 Å². The number of aliphatic hydroxyl groups excluding tert-OH is 2. The summed E-state index contributed by atoms with van der Waals surface area (Å²) in [6.07, 6.45) is -0.0933. The summed E-state index contributed by atoms with van der Waals surface area (Å²) in [5.74, 6) is 5.94. The van der Waals surface area contributed by atoms with Crippen LogP contribution in [0.1, 0.15) is 6.92 Å². The summed E-state index contributed by atoms with van der Waals surface area (Å²) < 4.78 is 0. The zero-order valence-electron chi connectivity index (χ0n) is 8.25. The molecule has 0 amide bonds. The molecular formula is C12H16O2. The van der Waals surface area contributed by atoms with Crippen LogP contribution in [0.25, 0.3) is 0 Å². The van der Waals surface area contributed by atoms with E-state index in [-0.39, 0.29) is 12.2 Å². The molecule has 0 spiro atoms. The highest BCUT2D eigenvalue weighted by Gasteiger charge is 2.85. The van der Waals surface area contributed by atoms with Gasteiger partial charge in [0.2, 0.25) is 0 Å². The Balaban J connectivity index is 1.83. The van der Waals surface area contributed by atoms with E-state index in [4.69, 9.17) is 0 Å². The van der Waals surface area contributed by atoms with Gasteiger partial charge in [0.1, 0.15) is 0 Å². The largest absolute Gasteiger partial charge is 0.393 e. The lowest BCUT2D eigenvalue weighted by Gasteiger charge is -2.32. The summed E-state index contributed by atoms with van der Waals surface area (Å²) in [4.78, 5) is 0. The molecule has 6 aliphatic rings. The van der Waals surface area contributed by atoms with Crippen LogP contribution < -0.4 is 0 Å². The average Bonchev–Trinajstić information content (AvgIpc) is 2.86. The van der Waals surface area contributed by atoms with E-state index in [9.17, 15) is 10.2 Å². The van der Waals surface area contributed by atoms with Gasteiger partial charge in [-0.3, -0.25) is 0 Å². The minimum atomic E-state index is -0.0467. The first-order chi connectivity index (χ1) is 6.73. The van der Waals surface area contributed by atoms with E-state index in [0.717, 1.165) is 17.8 Å². The lowest BCUT2D eigenvalue weighted by molar-refractivity contribution is 0.0938. The fraction of sp³-hybridized carbons (Fsp3) is 1.00. The van der Waals surface area contributed by atoms with Gasteiger partial charge in [-0.2, -0.15) is 0 Å². The standard InChI is InChI=1S/C12H16O2/c1-2-3-5-8-4(2)6-7(3)11(13)9(5)10(6)12(8)14/h2-14H,1H3/t3-,4-,5+,6+,7-,8-,9+,10+,11-,12-/m0/s1. The summed E-state index contributed by atoms with van der Waals surface area (Å²) in [5.41, 5.74) is 0. The minimum absolute atomic E-state index is 0.0467. The summed E-state index contributed by atoms with van der Waals surface area (Å²) in [5, 5.41) is 20.5. The molecule has 0 aliphatic heterocycles. The quantitative estimate of drug-likeness (QED) is 0.581. The van der Waals surface area contributed by atoms with Crippen LogP contribution in [0.5, 0.6) is 0 Å². The first-order valence-electron chi connectivity index (χ1n) is 6.09. The Kier molecular flexibility index (Phi) is 0.875. The maximum atomic E-state index is 10.2. The second-order valence-corrected chi connectivity index (χ2v) is 6.46. The Hall–Kier alpha value is -0.0800. The first kappa shape index (κ1) is 7.24. The van der Waals surface area contributed by atoms with Gasteiger partial charge in [-0.1, -0.05) is 6.92 Å². The lowest BCUT2D eigenvalue weighted by Crippen LogP contribution is -2.30. The molecule has 2 nitrogen and oxygen atoms in total. The second-order valence-electron chi connectivity index (χ2n) is 6.46. The van der Waals surface area contributed by atoms with Crippen LogP contribution >= 0.6 is 0 Å². The summed E-state index contributed by atoms with van der Waals surface area (Å²) in [7, 11) is 0. The molecule has 6 fully saturated rings. The minimum Gasteiger partial charge on any atom is -0.393 e. The Bertz CT molecular complexity index is 259. The Morgan fingerprint density at radius 2 is 0.929 bits per heavy atom. The predicted octanol–water partition coefficient (Wildman–Crippen LogP) is 0.342. The molecule has 0 aromatic heterocycles. The molecule has 0 heterocycles. The van der Waals surface area contributed by atoms with Crippen molar-refractivity contribution in [1.82, 2.24) is 0 Å². The molecule has 6 rings (SSSR count). The lowest BCUT2D eigenvalue weighted by atomic mass is 9.71. The van der Waals surface area contributed by atoms with Crippen molar-refractivity contribution in [3.8, 4) is 0 Å². The molecule has 14 heavy (non-hydrogen) atoms. The number of rotatable bonds is 0. The van der Waals surface area contributed by atoms with Crippen LogP contribution in [0.4, 0.5) is 0 Å². The van der Waals surface area contributed by atoms with Gasteiger partial charge in [0.25, 0.3) is 0 Å². The van der Waals surface area contributed by atoms with Crippen molar-refractivity contribution in [3.05, 3.63) is 0 Å². The van der Waals surface area contributed by atoms with Gasteiger partial charge in [0, 0.05) is 0 Å². The average molecular weight is 192 g/mol. The third-order valence-electron chi connectivity index (χ3n) is 6.79. The molecule has 2 N–H and O–H groups in total. The van der Waals surface area contributed by atoms with Crippen molar-refractivity contribution in [3.63, 3.8) is 0 Å². The molecule has 0 saturated heterocycles.